The van der Waals surface area contributed by atoms with Crippen LogP contribution >= 0.6 is 11.3 Å². The zero-order valence-corrected chi connectivity index (χ0v) is 16.5. The lowest BCUT2D eigenvalue weighted by Gasteiger charge is -2.10. The number of aliphatic imine (C=N–C) groups is 1. The molecule has 0 saturated carbocycles. The fraction of sp³-hybridized carbons (Fsp3) is 0.733. The molecule has 1 aromatic rings. The van der Waals surface area contributed by atoms with E-state index in [0.29, 0.717) is 13.2 Å². The van der Waals surface area contributed by atoms with Crippen LogP contribution in [0.3, 0.4) is 0 Å². The third-order valence-corrected chi connectivity index (χ3v) is 5.19. The van der Waals surface area contributed by atoms with Gasteiger partial charge in [0, 0.05) is 30.6 Å². The summed E-state index contributed by atoms with van der Waals surface area (Å²) in [5.74, 6) is 0.774. The van der Waals surface area contributed by atoms with Crippen LogP contribution in [0, 0.1) is 13.8 Å². The van der Waals surface area contributed by atoms with Crippen LogP contribution in [0.4, 0.5) is 0 Å². The molecule has 0 radical (unpaired) electrons. The summed E-state index contributed by atoms with van der Waals surface area (Å²) in [7, 11) is -2.97. The molecule has 0 amide bonds. The van der Waals surface area contributed by atoms with Crippen LogP contribution < -0.4 is 10.6 Å². The van der Waals surface area contributed by atoms with Crippen molar-refractivity contribution in [2.24, 2.45) is 4.99 Å². The van der Waals surface area contributed by atoms with Crippen molar-refractivity contribution >= 4 is 27.1 Å². The summed E-state index contributed by atoms with van der Waals surface area (Å²) in [4.78, 5) is 10.2. The van der Waals surface area contributed by atoms with E-state index in [2.05, 4.69) is 27.5 Å². The number of ether oxygens (including phenoxy) is 1. The van der Waals surface area contributed by atoms with Crippen LogP contribution in [0.1, 0.15) is 22.5 Å². The molecule has 0 aliphatic carbocycles. The molecule has 1 aromatic heterocycles. The molecule has 1 rings (SSSR count). The molecule has 0 fully saturated rings. The molecule has 0 aliphatic heterocycles. The standard InChI is InChI=1S/C15H28N4O3S2/c1-5-16-15(18-8-9-22-10-11-24(4,20)21)17-7-6-14-19-12(2)13(3)23-14/h5-11H2,1-4H3,(H2,16,17,18). The van der Waals surface area contributed by atoms with Crippen molar-refractivity contribution in [2.75, 3.05) is 44.9 Å². The lowest BCUT2D eigenvalue weighted by Crippen LogP contribution is -2.38. The summed E-state index contributed by atoms with van der Waals surface area (Å²) in [6.45, 7) is 8.74. The maximum Gasteiger partial charge on any atom is 0.191 e. The molecule has 9 heteroatoms. The molecule has 0 bridgehead atoms. The number of rotatable bonds is 10. The molecule has 0 saturated heterocycles. The highest BCUT2D eigenvalue weighted by molar-refractivity contribution is 7.90. The molecule has 7 nitrogen and oxygen atoms in total. The first-order valence-electron chi connectivity index (χ1n) is 8.02. The van der Waals surface area contributed by atoms with E-state index in [9.17, 15) is 8.42 Å². The van der Waals surface area contributed by atoms with Crippen molar-refractivity contribution in [2.45, 2.75) is 27.2 Å². The number of hydrogen-bond donors (Lipinski definition) is 2. The quantitative estimate of drug-likeness (QED) is 0.358. The molecule has 1 heterocycles. The van der Waals surface area contributed by atoms with Crippen LogP contribution in [0.15, 0.2) is 4.99 Å². The van der Waals surface area contributed by atoms with Crippen LogP contribution in [0.5, 0.6) is 0 Å². The van der Waals surface area contributed by atoms with Crippen molar-refractivity contribution in [3.8, 4) is 0 Å². The van der Waals surface area contributed by atoms with E-state index in [1.54, 1.807) is 11.3 Å². The smallest absolute Gasteiger partial charge is 0.191 e. The lowest BCUT2D eigenvalue weighted by molar-refractivity contribution is 0.157. The first-order valence-corrected chi connectivity index (χ1v) is 10.9. The van der Waals surface area contributed by atoms with Crippen LogP contribution in [-0.2, 0) is 21.0 Å². The number of aryl methyl sites for hydroxylation is 2. The third kappa shape index (κ3) is 9.19. The number of hydrogen-bond acceptors (Lipinski definition) is 6. The molecule has 138 valence electrons. The highest BCUT2D eigenvalue weighted by Gasteiger charge is 2.04. The van der Waals surface area contributed by atoms with Gasteiger partial charge in [-0.25, -0.2) is 13.4 Å². The molecule has 0 spiro atoms. The number of nitrogens with one attached hydrogen (secondary N) is 2. The minimum Gasteiger partial charge on any atom is -0.378 e. The largest absolute Gasteiger partial charge is 0.378 e. The van der Waals surface area contributed by atoms with E-state index >= 15 is 0 Å². The molecular formula is C15H28N4O3S2. The van der Waals surface area contributed by atoms with Gasteiger partial charge in [0.1, 0.15) is 9.84 Å². The Bertz CT molecular complexity index is 607. The Balaban J connectivity index is 2.29. The van der Waals surface area contributed by atoms with Crippen molar-refractivity contribution in [3.05, 3.63) is 15.6 Å². The topological polar surface area (TPSA) is 92.7 Å². The van der Waals surface area contributed by atoms with E-state index < -0.39 is 9.84 Å². The van der Waals surface area contributed by atoms with Gasteiger partial charge in [0.25, 0.3) is 0 Å². The molecular weight excluding hydrogens is 348 g/mol. The fourth-order valence-electron chi connectivity index (χ4n) is 1.81. The number of nitrogens with zero attached hydrogens (tertiary/aromatic N) is 2. The second-order valence-corrected chi connectivity index (χ2v) is 8.98. The van der Waals surface area contributed by atoms with Gasteiger partial charge < -0.3 is 15.4 Å². The van der Waals surface area contributed by atoms with Gasteiger partial charge in [0.2, 0.25) is 0 Å². The van der Waals surface area contributed by atoms with Crippen molar-refractivity contribution in [1.29, 1.82) is 0 Å². The fourth-order valence-corrected chi connectivity index (χ4v) is 3.16. The van der Waals surface area contributed by atoms with E-state index in [1.807, 2.05) is 13.8 Å². The Labute approximate surface area is 148 Å². The van der Waals surface area contributed by atoms with Gasteiger partial charge >= 0.3 is 0 Å². The zero-order valence-electron chi connectivity index (χ0n) is 14.9. The third-order valence-electron chi connectivity index (χ3n) is 3.15. The maximum atomic E-state index is 11.0. The Kier molecular flexibility index (Phi) is 9.24. The van der Waals surface area contributed by atoms with Gasteiger partial charge in [-0.1, -0.05) is 0 Å². The average Bonchev–Trinajstić information content (AvgIpc) is 2.80. The first-order chi connectivity index (χ1) is 11.3. The van der Waals surface area contributed by atoms with E-state index in [0.717, 1.165) is 36.2 Å². The van der Waals surface area contributed by atoms with E-state index in [1.165, 1.54) is 11.1 Å². The van der Waals surface area contributed by atoms with Gasteiger partial charge in [-0.05, 0) is 20.8 Å². The Morgan fingerprint density at radius 1 is 1.29 bits per heavy atom. The molecule has 2 N–H and O–H groups in total. The number of aromatic nitrogens is 1. The van der Waals surface area contributed by atoms with Crippen LogP contribution in [0.25, 0.3) is 0 Å². The Morgan fingerprint density at radius 2 is 2.04 bits per heavy atom. The average molecular weight is 377 g/mol. The van der Waals surface area contributed by atoms with Gasteiger partial charge in [0.05, 0.1) is 36.2 Å². The van der Waals surface area contributed by atoms with E-state index in [-0.39, 0.29) is 12.4 Å². The van der Waals surface area contributed by atoms with Crippen molar-refractivity contribution in [3.63, 3.8) is 0 Å². The minimum atomic E-state index is -2.97. The summed E-state index contributed by atoms with van der Waals surface area (Å²) in [5.41, 5.74) is 1.10. The van der Waals surface area contributed by atoms with E-state index in [4.69, 9.17) is 4.74 Å². The summed E-state index contributed by atoms with van der Waals surface area (Å²) in [5, 5.41) is 7.56. The highest BCUT2D eigenvalue weighted by atomic mass is 32.2. The summed E-state index contributed by atoms with van der Waals surface area (Å²) >= 11 is 1.73. The van der Waals surface area contributed by atoms with Gasteiger partial charge in [0.15, 0.2) is 5.96 Å². The minimum absolute atomic E-state index is 0.0433. The monoisotopic (exact) mass is 376 g/mol. The number of sulfone groups is 1. The molecule has 24 heavy (non-hydrogen) atoms. The highest BCUT2D eigenvalue weighted by Crippen LogP contribution is 2.16. The second-order valence-electron chi connectivity index (χ2n) is 5.43. The normalized spacial score (nSPS) is 12.4. The predicted octanol–water partition coefficient (Wildman–Crippen LogP) is 0.919. The number of guanidine groups is 1. The zero-order chi connectivity index (χ0) is 18.0. The summed E-state index contributed by atoms with van der Waals surface area (Å²) < 4.78 is 27.2. The molecule has 0 atom stereocenters. The molecule has 0 aliphatic rings. The summed E-state index contributed by atoms with van der Waals surface area (Å²) in [6, 6.07) is 0. The van der Waals surface area contributed by atoms with Crippen LogP contribution in [-0.4, -0.2) is 64.2 Å². The van der Waals surface area contributed by atoms with Crippen molar-refractivity contribution < 1.29 is 13.2 Å². The number of thiazole rings is 1. The first kappa shape index (κ1) is 20.9. The predicted molar refractivity (Wildman–Crippen MR) is 99.8 cm³/mol. The molecule has 0 unspecified atom stereocenters. The van der Waals surface area contributed by atoms with Gasteiger partial charge in [-0.2, -0.15) is 0 Å². The van der Waals surface area contributed by atoms with Crippen LogP contribution in [0.2, 0.25) is 0 Å². The second kappa shape index (κ2) is 10.6. The summed E-state index contributed by atoms with van der Waals surface area (Å²) in [6.07, 6.45) is 2.06. The maximum absolute atomic E-state index is 11.0. The van der Waals surface area contributed by atoms with Gasteiger partial charge in [-0.3, -0.25) is 4.99 Å². The van der Waals surface area contributed by atoms with Crippen molar-refractivity contribution in [1.82, 2.24) is 15.6 Å². The van der Waals surface area contributed by atoms with Gasteiger partial charge in [-0.15, -0.1) is 11.3 Å². The lowest BCUT2D eigenvalue weighted by atomic mass is 10.4. The Morgan fingerprint density at radius 3 is 2.62 bits per heavy atom. The Hall–Kier alpha value is -1.19. The molecule has 0 aromatic carbocycles. The SMILES string of the molecule is CCNC(=NCCOCCS(C)(=O)=O)NCCc1nc(C)c(C)s1.